The molecule has 2 heterocycles. The Balaban J connectivity index is 1.46. The molecule has 30 heavy (non-hydrogen) atoms. The first kappa shape index (κ1) is 20.8. The van der Waals surface area contributed by atoms with E-state index < -0.39 is 0 Å². The van der Waals surface area contributed by atoms with Crippen LogP contribution >= 0.6 is 24.0 Å². The van der Waals surface area contributed by atoms with Gasteiger partial charge in [0.25, 0.3) is 5.91 Å². The van der Waals surface area contributed by atoms with Crippen molar-refractivity contribution in [2.24, 2.45) is 0 Å². The first-order chi connectivity index (χ1) is 14.5. The Hall–Kier alpha value is -2.51. The average Bonchev–Trinajstić information content (AvgIpc) is 3.24. The van der Waals surface area contributed by atoms with Crippen LogP contribution in [0.4, 0.5) is 0 Å². The Morgan fingerprint density at radius 3 is 2.77 bits per heavy atom. The lowest BCUT2D eigenvalue weighted by molar-refractivity contribution is -0.122. The fourth-order valence-corrected chi connectivity index (χ4v) is 4.96. The molecular formula is C23H23NO4S2. The van der Waals surface area contributed by atoms with Crippen molar-refractivity contribution >= 4 is 40.3 Å². The van der Waals surface area contributed by atoms with Gasteiger partial charge in [0.2, 0.25) is 0 Å². The first-order valence-corrected chi connectivity index (χ1v) is 11.0. The molecule has 2 aromatic rings. The molecule has 0 aromatic heterocycles. The van der Waals surface area contributed by atoms with E-state index in [9.17, 15) is 4.79 Å². The quantitative estimate of drug-likeness (QED) is 0.487. The van der Waals surface area contributed by atoms with Crippen LogP contribution in [-0.4, -0.2) is 42.0 Å². The summed E-state index contributed by atoms with van der Waals surface area (Å²) < 4.78 is 17.0. The lowest BCUT2D eigenvalue weighted by atomic mass is 10.1. The summed E-state index contributed by atoms with van der Waals surface area (Å²) in [5.74, 6) is 2.25. The molecule has 1 saturated heterocycles. The van der Waals surface area contributed by atoms with Gasteiger partial charge in [0.1, 0.15) is 16.2 Å². The standard InChI is InChI=1S/C23H23NO4S2/c1-14-10-17-11-16(5-6-18(17)28-14)13-21-22(25)24(23(29)30-21)9-8-15-4-7-19(26-2)20(12-15)27-3/h4-7,11-14H,8-10H2,1-3H3/b21-13+. The first-order valence-electron chi connectivity index (χ1n) is 9.74. The number of benzene rings is 2. The fraction of sp³-hybridized carbons (Fsp3) is 0.304. The zero-order valence-corrected chi connectivity index (χ0v) is 18.8. The van der Waals surface area contributed by atoms with Crippen LogP contribution in [0.15, 0.2) is 41.3 Å². The van der Waals surface area contributed by atoms with Crippen molar-refractivity contribution < 1.29 is 19.0 Å². The molecule has 2 aliphatic heterocycles. The molecule has 1 unspecified atom stereocenters. The number of thioether (sulfide) groups is 1. The molecule has 2 aliphatic rings. The number of fused-ring (bicyclic) bond motifs is 1. The number of methoxy groups -OCH3 is 2. The molecule has 0 bridgehead atoms. The molecule has 0 radical (unpaired) electrons. The molecule has 0 aliphatic carbocycles. The van der Waals surface area contributed by atoms with Crippen LogP contribution in [0.5, 0.6) is 17.2 Å². The molecule has 2 aromatic carbocycles. The van der Waals surface area contributed by atoms with Crippen molar-refractivity contribution in [3.05, 3.63) is 58.0 Å². The monoisotopic (exact) mass is 441 g/mol. The van der Waals surface area contributed by atoms with Gasteiger partial charge in [0.05, 0.1) is 19.1 Å². The number of carbonyl (C=O) groups excluding carboxylic acids is 1. The number of rotatable bonds is 6. The van der Waals surface area contributed by atoms with E-state index >= 15 is 0 Å². The van der Waals surface area contributed by atoms with Crippen molar-refractivity contribution in [1.29, 1.82) is 0 Å². The van der Waals surface area contributed by atoms with Gasteiger partial charge in [0, 0.05) is 13.0 Å². The average molecular weight is 442 g/mol. The van der Waals surface area contributed by atoms with Gasteiger partial charge in [0.15, 0.2) is 11.5 Å². The van der Waals surface area contributed by atoms with Crippen molar-refractivity contribution in [3.8, 4) is 17.2 Å². The van der Waals surface area contributed by atoms with Gasteiger partial charge in [-0.05, 0) is 60.4 Å². The molecule has 0 saturated carbocycles. The van der Waals surface area contributed by atoms with E-state index in [1.807, 2.05) is 36.4 Å². The van der Waals surface area contributed by atoms with Gasteiger partial charge in [-0.2, -0.15) is 0 Å². The predicted molar refractivity (Wildman–Crippen MR) is 123 cm³/mol. The van der Waals surface area contributed by atoms with Crippen LogP contribution < -0.4 is 14.2 Å². The molecule has 4 rings (SSSR count). The van der Waals surface area contributed by atoms with Gasteiger partial charge >= 0.3 is 0 Å². The third-order valence-corrected chi connectivity index (χ3v) is 6.54. The SMILES string of the molecule is COc1ccc(CCN2C(=O)/C(=C\c3ccc4c(c3)CC(C)O4)SC2=S)cc1OC. The van der Waals surface area contributed by atoms with Gasteiger partial charge in [-0.15, -0.1) is 0 Å². The Morgan fingerprint density at radius 1 is 1.20 bits per heavy atom. The van der Waals surface area contributed by atoms with Crippen LogP contribution in [0.25, 0.3) is 6.08 Å². The second-order valence-electron chi connectivity index (χ2n) is 7.27. The number of amides is 1. The second-order valence-corrected chi connectivity index (χ2v) is 8.95. The third-order valence-electron chi connectivity index (χ3n) is 5.16. The minimum atomic E-state index is -0.0457. The van der Waals surface area contributed by atoms with Gasteiger partial charge < -0.3 is 14.2 Å². The van der Waals surface area contributed by atoms with Crippen LogP contribution in [-0.2, 0) is 17.6 Å². The molecular weight excluding hydrogens is 418 g/mol. The largest absolute Gasteiger partial charge is 0.493 e. The Labute approximate surface area is 186 Å². The zero-order valence-electron chi connectivity index (χ0n) is 17.1. The summed E-state index contributed by atoms with van der Waals surface area (Å²) in [5, 5.41) is 0. The number of hydrogen-bond donors (Lipinski definition) is 0. The van der Waals surface area contributed by atoms with Crippen LogP contribution in [0, 0.1) is 0 Å². The molecule has 1 atom stereocenters. The molecule has 1 amide bonds. The van der Waals surface area contributed by atoms with Crippen LogP contribution in [0.3, 0.4) is 0 Å². The van der Waals surface area contributed by atoms with E-state index in [2.05, 4.69) is 13.0 Å². The second kappa shape index (κ2) is 8.70. The van der Waals surface area contributed by atoms with Gasteiger partial charge in [-0.25, -0.2) is 0 Å². The summed E-state index contributed by atoms with van der Waals surface area (Å²) in [7, 11) is 3.22. The van der Waals surface area contributed by atoms with Gasteiger partial charge in [-0.3, -0.25) is 9.69 Å². The van der Waals surface area contributed by atoms with Crippen LogP contribution in [0.1, 0.15) is 23.6 Å². The number of carbonyl (C=O) groups is 1. The molecule has 0 spiro atoms. The van der Waals surface area contributed by atoms with E-state index in [0.717, 1.165) is 23.3 Å². The predicted octanol–water partition coefficient (Wildman–Crippen LogP) is 4.47. The molecule has 7 heteroatoms. The maximum absolute atomic E-state index is 12.9. The van der Waals surface area contributed by atoms with E-state index in [-0.39, 0.29) is 12.0 Å². The smallest absolute Gasteiger partial charge is 0.266 e. The van der Waals surface area contributed by atoms with Crippen molar-refractivity contribution in [3.63, 3.8) is 0 Å². The highest BCUT2D eigenvalue weighted by Crippen LogP contribution is 2.35. The maximum Gasteiger partial charge on any atom is 0.266 e. The van der Waals surface area contributed by atoms with Crippen molar-refractivity contribution in [1.82, 2.24) is 4.90 Å². The lowest BCUT2D eigenvalue weighted by Gasteiger charge is -2.15. The highest BCUT2D eigenvalue weighted by atomic mass is 32.2. The highest BCUT2D eigenvalue weighted by Gasteiger charge is 2.31. The summed E-state index contributed by atoms with van der Waals surface area (Å²) in [5.41, 5.74) is 3.23. The Morgan fingerprint density at radius 2 is 2.00 bits per heavy atom. The summed E-state index contributed by atoms with van der Waals surface area (Å²) >= 11 is 6.82. The zero-order chi connectivity index (χ0) is 21.3. The van der Waals surface area contributed by atoms with E-state index in [1.165, 1.54) is 17.3 Å². The minimum Gasteiger partial charge on any atom is -0.493 e. The fourth-order valence-electron chi connectivity index (χ4n) is 3.65. The number of nitrogens with zero attached hydrogens (tertiary/aromatic N) is 1. The van der Waals surface area contributed by atoms with Crippen molar-refractivity contribution in [2.45, 2.75) is 25.9 Å². The van der Waals surface area contributed by atoms with Gasteiger partial charge in [-0.1, -0.05) is 36.1 Å². The summed E-state index contributed by atoms with van der Waals surface area (Å²) in [6.45, 7) is 2.58. The Kier molecular flexibility index (Phi) is 6.01. The molecule has 156 valence electrons. The number of thiocarbonyl (C=S) groups is 1. The van der Waals surface area contributed by atoms with Crippen LogP contribution in [0.2, 0.25) is 0 Å². The minimum absolute atomic E-state index is 0.0457. The summed E-state index contributed by atoms with van der Waals surface area (Å²) in [6.07, 6.45) is 3.68. The highest BCUT2D eigenvalue weighted by molar-refractivity contribution is 8.26. The number of ether oxygens (including phenoxy) is 3. The molecule has 0 N–H and O–H groups in total. The van der Waals surface area contributed by atoms with E-state index in [1.54, 1.807) is 19.1 Å². The normalized spacial score (nSPS) is 19.2. The topological polar surface area (TPSA) is 48.0 Å². The number of hydrogen-bond acceptors (Lipinski definition) is 6. The van der Waals surface area contributed by atoms with Crippen molar-refractivity contribution in [2.75, 3.05) is 20.8 Å². The van der Waals surface area contributed by atoms with E-state index in [4.69, 9.17) is 26.4 Å². The maximum atomic E-state index is 12.9. The molecule has 5 nitrogen and oxygen atoms in total. The third kappa shape index (κ3) is 4.18. The summed E-state index contributed by atoms with van der Waals surface area (Å²) in [6, 6.07) is 11.8. The Bertz CT molecular complexity index is 1030. The molecule has 1 fully saturated rings. The summed E-state index contributed by atoms with van der Waals surface area (Å²) in [4.78, 5) is 15.3. The van der Waals surface area contributed by atoms with E-state index in [0.29, 0.717) is 33.7 Å². The lowest BCUT2D eigenvalue weighted by Crippen LogP contribution is -2.30.